The van der Waals surface area contributed by atoms with E-state index in [-0.39, 0.29) is 5.75 Å². The lowest BCUT2D eigenvalue weighted by molar-refractivity contribution is -0.274. The number of carbonyl (C=O) groups excluding carboxylic acids is 2. The quantitative estimate of drug-likeness (QED) is 0.598. The maximum absolute atomic E-state index is 12.1. The lowest BCUT2D eigenvalue weighted by Gasteiger charge is -2.08. The van der Waals surface area contributed by atoms with Gasteiger partial charge in [0.25, 0.3) is 5.91 Å². The lowest BCUT2D eigenvalue weighted by atomic mass is 10.2. The number of aryl methyl sites for hydroxylation is 2. The second-order valence-electron chi connectivity index (χ2n) is 5.78. The van der Waals surface area contributed by atoms with Crippen LogP contribution in [0.2, 0.25) is 0 Å². The first kappa shape index (κ1) is 21.0. The SMILES string of the molecule is Cc1nn(C)c(C)c1NC(=O)COC(=O)/C=C/c1ccc(OC(F)(F)F)cc1. The van der Waals surface area contributed by atoms with E-state index in [1.54, 1.807) is 25.6 Å². The van der Waals surface area contributed by atoms with Crippen molar-refractivity contribution < 1.29 is 32.2 Å². The van der Waals surface area contributed by atoms with Gasteiger partial charge >= 0.3 is 12.3 Å². The van der Waals surface area contributed by atoms with Crippen LogP contribution in [0.4, 0.5) is 18.9 Å². The molecule has 1 aromatic carbocycles. The summed E-state index contributed by atoms with van der Waals surface area (Å²) in [7, 11) is 1.74. The molecule has 7 nitrogen and oxygen atoms in total. The van der Waals surface area contributed by atoms with Crippen LogP contribution in [-0.2, 0) is 21.4 Å². The van der Waals surface area contributed by atoms with E-state index in [1.807, 2.05) is 0 Å². The summed E-state index contributed by atoms with van der Waals surface area (Å²) in [5, 5.41) is 6.78. The highest BCUT2D eigenvalue weighted by Crippen LogP contribution is 2.23. The number of rotatable bonds is 6. The lowest BCUT2D eigenvalue weighted by Crippen LogP contribution is -2.20. The molecule has 0 saturated carbocycles. The molecule has 10 heteroatoms. The first-order chi connectivity index (χ1) is 13.0. The third kappa shape index (κ3) is 6.15. The van der Waals surface area contributed by atoms with E-state index in [2.05, 4.69) is 15.2 Å². The minimum atomic E-state index is -4.77. The molecule has 0 aliphatic carbocycles. The highest BCUT2D eigenvalue weighted by molar-refractivity contribution is 5.95. The molecule has 28 heavy (non-hydrogen) atoms. The molecule has 150 valence electrons. The van der Waals surface area contributed by atoms with Crippen LogP contribution in [0, 0.1) is 13.8 Å². The number of benzene rings is 1. The van der Waals surface area contributed by atoms with E-state index in [0.29, 0.717) is 16.9 Å². The number of nitrogens with one attached hydrogen (secondary N) is 1. The number of ether oxygens (including phenoxy) is 2. The molecule has 0 spiro atoms. The Kier molecular flexibility index (Phi) is 6.45. The Labute approximate surface area is 158 Å². The Morgan fingerprint density at radius 2 is 1.86 bits per heavy atom. The van der Waals surface area contributed by atoms with Gasteiger partial charge in [0.05, 0.1) is 17.1 Å². The third-order valence-corrected chi connectivity index (χ3v) is 3.64. The number of esters is 1. The number of amides is 1. The molecular formula is C18H18F3N3O4. The minimum absolute atomic E-state index is 0.370. The number of halogens is 3. The molecule has 1 heterocycles. The monoisotopic (exact) mass is 397 g/mol. The van der Waals surface area contributed by atoms with Crippen LogP contribution in [0.1, 0.15) is 17.0 Å². The molecule has 0 radical (unpaired) electrons. The van der Waals surface area contributed by atoms with Gasteiger partial charge in [-0.1, -0.05) is 12.1 Å². The van der Waals surface area contributed by atoms with Crippen molar-refractivity contribution >= 4 is 23.6 Å². The van der Waals surface area contributed by atoms with Gasteiger partial charge in [0.1, 0.15) is 5.75 Å². The van der Waals surface area contributed by atoms with Gasteiger partial charge < -0.3 is 14.8 Å². The average molecular weight is 397 g/mol. The predicted octanol–water partition coefficient (Wildman–Crippen LogP) is 3.13. The van der Waals surface area contributed by atoms with Crippen molar-refractivity contribution in [1.82, 2.24) is 9.78 Å². The molecule has 0 aliphatic rings. The number of hydrogen-bond donors (Lipinski definition) is 1. The molecule has 2 rings (SSSR count). The zero-order valence-corrected chi connectivity index (χ0v) is 15.3. The van der Waals surface area contributed by atoms with E-state index < -0.39 is 24.8 Å². The summed E-state index contributed by atoms with van der Waals surface area (Å²) in [5.74, 6) is -1.66. The van der Waals surface area contributed by atoms with Crippen LogP contribution in [0.25, 0.3) is 6.08 Å². The van der Waals surface area contributed by atoms with Gasteiger partial charge in [-0.05, 0) is 37.6 Å². The van der Waals surface area contributed by atoms with Crippen LogP contribution in [0.15, 0.2) is 30.3 Å². The van der Waals surface area contributed by atoms with Crippen molar-refractivity contribution in [2.75, 3.05) is 11.9 Å². The maximum Gasteiger partial charge on any atom is 0.573 e. The van der Waals surface area contributed by atoms with Crippen molar-refractivity contribution in [2.45, 2.75) is 20.2 Å². The number of anilines is 1. The van der Waals surface area contributed by atoms with Gasteiger partial charge in [0.2, 0.25) is 0 Å². The van der Waals surface area contributed by atoms with Crippen LogP contribution in [-0.4, -0.2) is 34.6 Å². The van der Waals surface area contributed by atoms with E-state index in [1.165, 1.54) is 18.2 Å². The van der Waals surface area contributed by atoms with E-state index in [9.17, 15) is 22.8 Å². The standard InChI is InChI=1S/C18H18F3N3O4/c1-11-17(12(2)24(3)23-11)22-15(25)10-27-16(26)9-6-13-4-7-14(8-5-13)28-18(19,20)21/h4-9H,10H2,1-3H3,(H,22,25)/b9-6+. The zero-order chi connectivity index (χ0) is 20.9. The molecule has 1 amide bonds. The largest absolute Gasteiger partial charge is 0.573 e. The Morgan fingerprint density at radius 3 is 2.39 bits per heavy atom. The Balaban J connectivity index is 1.84. The topological polar surface area (TPSA) is 82.5 Å². The molecule has 0 saturated heterocycles. The molecule has 0 fully saturated rings. The van der Waals surface area contributed by atoms with E-state index in [4.69, 9.17) is 4.74 Å². The Bertz CT molecular complexity index is 887. The van der Waals surface area contributed by atoms with Gasteiger partial charge in [0.15, 0.2) is 6.61 Å². The Morgan fingerprint density at radius 1 is 1.21 bits per heavy atom. The van der Waals surface area contributed by atoms with Crippen molar-refractivity contribution in [3.8, 4) is 5.75 Å². The maximum atomic E-state index is 12.1. The summed E-state index contributed by atoms with van der Waals surface area (Å²) in [6, 6.07) is 4.91. The number of alkyl halides is 3. The Hall–Kier alpha value is -3.30. The van der Waals surface area contributed by atoms with Gasteiger partial charge in [0, 0.05) is 13.1 Å². The predicted molar refractivity (Wildman–Crippen MR) is 94.4 cm³/mol. The van der Waals surface area contributed by atoms with Crippen LogP contribution in [0.5, 0.6) is 5.75 Å². The fourth-order valence-corrected chi connectivity index (χ4v) is 2.26. The van der Waals surface area contributed by atoms with Gasteiger partial charge in [-0.2, -0.15) is 5.10 Å². The van der Waals surface area contributed by atoms with Crippen molar-refractivity contribution in [3.63, 3.8) is 0 Å². The van der Waals surface area contributed by atoms with Gasteiger partial charge in [-0.15, -0.1) is 13.2 Å². The van der Waals surface area contributed by atoms with E-state index in [0.717, 1.165) is 23.9 Å². The second-order valence-corrected chi connectivity index (χ2v) is 5.78. The second kappa shape index (κ2) is 8.59. The number of hydrogen-bond acceptors (Lipinski definition) is 5. The van der Waals surface area contributed by atoms with Crippen LogP contribution < -0.4 is 10.1 Å². The molecular weight excluding hydrogens is 379 g/mol. The summed E-state index contributed by atoms with van der Waals surface area (Å²) in [4.78, 5) is 23.6. The fraction of sp³-hybridized carbons (Fsp3) is 0.278. The first-order valence-electron chi connectivity index (χ1n) is 8.06. The highest BCUT2D eigenvalue weighted by Gasteiger charge is 2.30. The summed E-state index contributed by atoms with van der Waals surface area (Å²) < 4.78 is 46.5. The average Bonchev–Trinajstić information content (AvgIpc) is 2.84. The number of carbonyl (C=O) groups is 2. The molecule has 2 aromatic rings. The number of aromatic nitrogens is 2. The molecule has 1 N–H and O–H groups in total. The summed E-state index contributed by atoms with van der Waals surface area (Å²) in [6.07, 6.45) is -2.37. The van der Waals surface area contributed by atoms with Crippen LogP contribution in [0.3, 0.4) is 0 Å². The summed E-state index contributed by atoms with van der Waals surface area (Å²) in [6.45, 7) is 3.03. The van der Waals surface area contributed by atoms with Crippen molar-refractivity contribution in [1.29, 1.82) is 0 Å². The molecule has 1 aromatic heterocycles. The fourth-order valence-electron chi connectivity index (χ4n) is 2.26. The zero-order valence-electron chi connectivity index (χ0n) is 15.3. The van der Waals surface area contributed by atoms with Crippen molar-refractivity contribution in [3.05, 3.63) is 47.3 Å². The molecule has 0 aliphatic heterocycles. The molecule has 0 unspecified atom stereocenters. The molecule has 0 atom stereocenters. The summed E-state index contributed by atoms with van der Waals surface area (Å²) >= 11 is 0. The van der Waals surface area contributed by atoms with E-state index >= 15 is 0 Å². The minimum Gasteiger partial charge on any atom is -0.452 e. The van der Waals surface area contributed by atoms with Gasteiger partial charge in [-0.3, -0.25) is 9.48 Å². The van der Waals surface area contributed by atoms with Crippen molar-refractivity contribution in [2.24, 2.45) is 7.05 Å². The smallest absolute Gasteiger partial charge is 0.452 e. The molecule has 0 bridgehead atoms. The van der Waals surface area contributed by atoms with Gasteiger partial charge in [-0.25, -0.2) is 4.79 Å². The first-order valence-corrected chi connectivity index (χ1v) is 8.06. The van der Waals surface area contributed by atoms with Crippen LogP contribution >= 0.6 is 0 Å². The number of nitrogens with zero attached hydrogens (tertiary/aromatic N) is 2. The third-order valence-electron chi connectivity index (χ3n) is 3.64. The normalized spacial score (nSPS) is 11.5. The summed E-state index contributed by atoms with van der Waals surface area (Å²) in [5.41, 5.74) is 2.41. The highest BCUT2D eigenvalue weighted by atomic mass is 19.4.